The summed E-state index contributed by atoms with van der Waals surface area (Å²) in [7, 11) is 0. The molecule has 1 N–H and O–H groups in total. The third-order valence-electron chi connectivity index (χ3n) is 3.09. The Balaban J connectivity index is 2.03. The van der Waals surface area contributed by atoms with Crippen molar-refractivity contribution in [3.05, 3.63) is 42.0 Å². The Hall–Kier alpha value is -1.65. The molecule has 4 nitrogen and oxygen atoms in total. The lowest BCUT2D eigenvalue weighted by Gasteiger charge is -2.39. The molecule has 0 bridgehead atoms. The number of carbonyl (C=O) groups is 1. The summed E-state index contributed by atoms with van der Waals surface area (Å²) < 4.78 is 11.4. The number of hydrogen-bond donors (Lipinski definition) is 1. The van der Waals surface area contributed by atoms with E-state index in [0.29, 0.717) is 6.42 Å². The van der Waals surface area contributed by atoms with Gasteiger partial charge in [0.1, 0.15) is 0 Å². The van der Waals surface area contributed by atoms with E-state index in [9.17, 15) is 4.79 Å². The predicted octanol–water partition coefficient (Wildman–Crippen LogP) is 3.08. The fourth-order valence-electron chi connectivity index (χ4n) is 2.37. The van der Waals surface area contributed by atoms with E-state index in [1.807, 2.05) is 56.3 Å². The van der Waals surface area contributed by atoms with Crippen molar-refractivity contribution in [1.82, 2.24) is 0 Å². The summed E-state index contributed by atoms with van der Waals surface area (Å²) >= 11 is 0. The number of rotatable bonds is 4. The third-order valence-corrected chi connectivity index (χ3v) is 3.09. The van der Waals surface area contributed by atoms with Gasteiger partial charge in [-0.2, -0.15) is 0 Å². The minimum absolute atomic E-state index is 0.00245. The molecule has 1 aliphatic heterocycles. The Labute approximate surface area is 119 Å². The Morgan fingerprint density at radius 2 is 2.05 bits per heavy atom. The molecule has 1 saturated heterocycles. The van der Waals surface area contributed by atoms with Crippen molar-refractivity contribution in [2.75, 3.05) is 0 Å². The average molecular weight is 276 g/mol. The molecule has 0 amide bonds. The van der Waals surface area contributed by atoms with Gasteiger partial charge in [-0.3, -0.25) is 4.79 Å². The monoisotopic (exact) mass is 276 g/mol. The molecule has 20 heavy (non-hydrogen) atoms. The maximum absolute atomic E-state index is 10.8. The summed E-state index contributed by atoms with van der Waals surface area (Å²) in [5.41, 5.74) is 1.09. The minimum Gasteiger partial charge on any atom is -0.481 e. The molecule has 0 unspecified atom stereocenters. The lowest BCUT2D eigenvalue weighted by atomic mass is 10.0. The van der Waals surface area contributed by atoms with Gasteiger partial charge in [0.05, 0.1) is 18.6 Å². The first kappa shape index (κ1) is 14.8. The SMILES string of the molecule is CC1(C)O[C@@H](CC(=O)O)C[C@@H](/C=C/c2ccccc2)O1. The van der Waals surface area contributed by atoms with Crippen LogP contribution in [0.2, 0.25) is 0 Å². The molecular weight excluding hydrogens is 256 g/mol. The van der Waals surface area contributed by atoms with Gasteiger partial charge in [0.2, 0.25) is 0 Å². The van der Waals surface area contributed by atoms with Crippen molar-refractivity contribution in [1.29, 1.82) is 0 Å². The highest BCUT2D eigenvalue weighted by Crippen LogP contribution is 2.29. The van der Waals surface area contributed by atoms with E-state index < -0.39 is 11.8 Å². The molecule has 4 heteroatoms. The van der Waals surface area contributed by atoms with Crippen LogP contribution in [-0.4, -0.2) is 29.1 Å². The molecule has 0 spiro atoms. The lowest BCUT2D eigenvalue weighted by molar-refractivity contribution is -0.290. The summed E-state index contributed by atoms with van der Waals surface area (Å²) in [5.74, 6) is -1.61. The molecule has 2 rings (SSSR count). The van der Waals surface area contributed by atoms with E-state index in [2.05, 4.69) is 0 Å². The van der Waals surface area contributed by atoms with Gasteiger partial charge in [-0.25, -0.2) is 0 Å². The number of hydrogen-bond acceptors (Lipinski definition) is 3. The zero-order chi connectivity index (χ0) is 14.6. The molecule has 1 aliphatic rings. The normalized spacial score (nSPS) is 25.7. The van der Waals surface area contributed by atoms with Crippen LogP contribution < -0.4 is 0 Å². The molecule has 0 radical (unpaired) electrons. The van der Waals surface area contributed by atoms with Gasteiger partial charge in [-0.05, 0) is 19.4 Å². The first-order valence-electron chi connectivity index (χ1n) is 6.75. The first-order valence-corrected chi connectivity index (χ1v) is 6.75. The second kappa shape index (κ2) is 6.20. The third kappa shape index (κ3) is 4.47. The molecule has 1 fully saturated rings. The molecule has 0 aliphatic carbocycles. The largest absolute Gasteiger partial charge is 0.481 e. The minimum atomic E-state index is -0.849. The first-order chi connectivity index (χ1) is 9.44. The maximum Gasteiger partial charge on any atom is 0.305 e. The number of carboxylic acid groups (broad SMARTS) is 1. The Morgan fingerprint density at radius 1 is 1.35 bits per heavy atom. The molecule has 0 saturated carbocycles. The van der Waals surface area contributed by atoms with Crippen molar-refractivity contribution >= 4 is 12.0 Å². The van der Waals surface area contributed by atoms with Gasteiger partial charge in [-0.15, -0.1) is 0 Å². The van der Waals surface area contributed by atoms with E-state index in [4.69, 9.17) is 14.6 Å². The number of aliphatic carboxylic acids is 1. The Bertz CT molecular complexity index is 479. The molecule has 0 aromatic heterocycles. The summed E-state index contributed by atoms with van der Waals surface area (Å²) in [4.78, 5) is 10.8. The van der Waals surface area contributed by atoms with E-state index >= 15 is 0 Å². The van der Waals surface area contributed by atoms with Gasteiger partial charge in [0, 0.05) is 6.42 Å². The smallest absolute Gasteiger partial charge is 0.305 e. The zero-order valence-corrected chi connectivity index (χ0v) is 11.8. The maximum atomic E-state index is 10.8. The van der Waals surface area contributed by atoms with E-state index in [-0.39, 0.29) is 18.6 Å². The highest BCUT2D eigenvalue weighted by atomic mass is 16.7. The van der Waals surface area contributed by atoms with E-state index in [1.54, 1.807) is 0 Å². The van der Waals surface area contributed by atoms with Crippen molar-refractivity contribution < 1.29 is 19.4 Å². The fourth-order valence-corrected chi connectivity index (χ4v) is 2.37. The summed E-state index contributed by atoms with van der Waals surface area (Å²) in [5, 5.41) is 8.89. The molecule has 2 atom stereocenters. The second-order valence-corrected chi connectivity index (χ2v) is 5.40. The summed E-state index contributed by atoms with van der Waals surface area (Å²) in [6, 6.07) is 9.93. The number of carboxylic acids is 1. The summed E-state index contributed by atoms with van der Waals surface area (Å²) in [6.07, 6.45) is 4.06. The predicted molar refractivity (Wildman–Crippen MR) is 76.2 cm³/mol. The van der Waals surface area contributed by atoms with Gasteiger partial charge >= 0.3 is 5.97 Å². The zero-order valence-electron chi connectivity index (χ0n) is 11.8. The van der Waals surface area contributed by atoms with Crippen molar-refractivity contribution in [3.63, 3.8) is 0 Å². The van der Waals surface area contributed by atoms with Crippen molar-refractivity contribution in [3.8, 4) is 0 Å². The number of benzene rings is 1. The highest BCUT2D eigenvalue weighted by Gasteiger charge is 2.35. The molecule has 1 aromatic carbocycles. The lowest BCUT2D eigenvalue weighted by Crippen LogP contribution is -2.44. The van der Waals surface area contributed by atoms with Crippen LogP contribution in [0.4, 0.5) is 0 Å². The molecule has 1 heterocycles. The van der Waals surface area contributed by atoms with Crippen molar-refractivity contribution in [2.45, 2.75) is 44.7 Å². The highest BCUT2D eigenvalue weighted by molar-refractivity contribution is 5.67. The van der Waals surface area contributed by atoms with Crippen LogP contribution >= 0.6 is 0 Å². The standard InChI is InChI=1S/C16H20O4/c1-16(2)19-13(10-14(20-16)11-15(17)18)9-8-12-6-4-3-5-7-12/h3-9,13-14H,10-11H2,1-2H3,(H,17,18)/b9-8+/t13-,14-/m1/s1. The van der Waals surface area contributed by atoms with Gasteiger partial charge < -0.3 is 14.6 Å². The topological polar surface area (TPSA) is 55.8 Å². The molecule has 1 aromatic rings. The van der Waals surface area contributed by atoms with Crippen LogP contribution in [-0.2, 0) is 14.3 Å². The van der Waals surface area contributed by atoms with Crippen LogP contribution in [0.3, 0.4) is 0 Å². The van der Waals surface area contributed by atoms with Gasteiger partial charge in [-0.1, -0.05) is 42.5 Å². The number of ether oxygens (including phenoxy) is 2. The van der Waals surface area contributed by atoms with Crippen LogP contribution in [0.1, 0.15) is 32.3 Å². The van der Waals surface area contributed by atoms with E-state index in [1.165, 1.54) is 0 Å². The Morgan fingerprint density at radius 3 is 2.70 bits per heavy atom. The summed E-state index contributed by atoms with van der Waals surface area (Å²) in [6.45, 7) is 3.62. The molecular formula is C16H20O4. The van der Waals surface area contributed by atoms with E-state index in [0.717, 1.165) is 5.56 Å². The quantitative estimate of drug-likeness (QED) is 0.918. The van der Waals surface area contributed by atoms with Gasteiger partial charge in [0.15, 0.2) is 5.79 Å². The fraction of sp³-hybridized carbons (Fsp3) is 0.438. The Kier molecular flexibility index (Phi) is 4.57. The second-order valence-electron chi connectivity index (χ2n) is 5.40. The van der Waals surface area contributed by atoms with Crippen LogP contribution in [0.25, 0.3) is 6.08 Å². The molecule has 108 valence electrons. The van der Waals surface area contributed by atoms with Gasteiger partial charge in [0.25, 0.3) is 0 Å². The average Bonchev–Trinajstić information content (AvgIpc) is 2.35. The van der Waals surface area contributed by atoms with Crippen LogP contribution in [0.15, 0.2) is 36.4 Å². The van der Waals surface area contributed by atoms with Crippen LogP contribution in [0.5, 0.6) is 0 Å². The van der Waals surface area contributed by atoms with Crippen molar-refractivity contribution in [2.24, 2.45) is 0 Å². The van der Waals surface area contributed by atoms with Crippen LogP contribution in [0, 0.1) is 0 Å².